The summed E-state index contributed by atoms with van der Waals surface area (Å²) in [7, 11) is 0. The van der Waals surface area contributed by atoms with Gasteiger partial charge in [0.15, 0.2) is 0 Å². The fraction of sp³-hybridized carbons (Fsp3) is 0.375. The molecule has 1 aliphatic heterocycles. The highest BCUT2D eigenvalue weighted by Gasteiger charge is 2.37. The highest BCUT2D eigenvalue weighted by atomic mass is 19.1. The van der Waals surface area contributed by atoms with Crippen LogP contribution in [0.25, 0.3) is 0 Å². The van der Waals surface area contributed by atoms with E-state index in [4.69, 9.17) is 9.15 Å². The molecule has 152 valence electrons. The fourth-order valence-corrected chi connectivity index (χ4v) is 3.99. The van der Waals surface area contributed by atoms with Gasteiger partial charge >= 0.3 is 5.63 Å². The van der Waals surface area contributed by atoms with Crippen molar-refractivity contribution in [2.45, 2.75) is 51.0 Å². The molecule has 1 aliphatic carbocycles. The molecule has 1 N–H and O–H groups in total. The molecular weight excluding hydrogens is 371 g/mol. The third-order valence-corrected chi connectivity index (χ3v) is 5.72. The number of rotatable bonds is 7. The smallest absolute Gasteiger partial charge is 0.343 e. The summed E-state index contributed by atoms with van der Waals surface area (Å²) in [4.78, 5) is 12.6. The van der Waals surface area contributed by atoms with E-state index in [0.29, 0.717) is 24.0 Å². The zero-order valence-corrected chi connectivity index (χ0v) is 16.4. The predicted molar refractivity (Wildman–Crippen MR) is 108 cm³/mol. The van der Waals surface area contributed by atoms with Crippen molar-refractivity contribution in [2.24, 2.45) is 5.92 Å². The van der Waals surface area contributed by atoms with E-state index in [-0.39, 0.29) is 35.1 Å². The summed E-state index contributed by atoms with van der Waals surface area (Å²) in [5, 5.41) is 11.0. The minimum Gasteiger partial charge on any atom is -0.507 e. The standard InChI is InChI=1S/C24H25FO4/c1-2-20-12-15(10-11-28-20)6-7-18-14-29-24(27)22(23(18)26)21(16-8-9-16)17-4-3-5-19(25)13-17/h3-5,10-14,16,20-21,26H,2,6-9H2,1H3/t20-,21+/m1/s1. The second-order valence-corrected chi connectivity index (χ2v) is 7.81. The molecule has 4 nitrogen and oxygen atoms in total. The molecule has 4 rings (SSSR count). The normalized spacial score (nSPS) is 19.5. The van der Waals surface area contributed by atoms with E-state index in [1.165, 1.54) is 18.4 Å². The molecule has 0 amide bonds. The minimum absolute atomic E-state index is 0.0221. The van der Waals surface area contributed by atoms with Gasteiger partial charge in [-0.05, 0) is 73.4 Å². The maximum absolute atomic E-state index is 13.8. The zero-order valence-electron chi connectivity index (χ0n) is 16.4. The summed E-state index contributed by atoms with van der Waals surface area (Å²) in [5.74, 6) is -0.510. The molecule has 1 fully saturated rings. The molecule has 2 heterocycles. The van der Waals surface area contributed by atoms with E-state index in [1.54, 1.807) is 18.4 Å². The second-order valence-electron chi connectivity index (χ2n) is 7.81. The summed E-state index contributed by atoms with van der Waals surface area (Å²) >= 11 is 0. The number of benzene rings is 1. The second kappa shape index (κ2) is 8.27. The number of hydrogen-bond donors (Lipinski definition) is 1. The Hall–Kier alpha value is -2.82. The quantitative estimate of drug-likeness (QED) is 0.698. The van der Waals surface area contributed by atoms with E-state index < -0.39 is 5.63 Å². The lowest BCUT2D eigenvalue weighted by molar-refractivity contribution is 0.177. The van der Waals surface area contributed by atoms with Gasteiger partial charge in [0, 0.05) is 11.5 Å². The molecule has 1 aromatic heterocycles. The van der Waals surface area contributed by atoms with Gasteiger partial charge in [-0.15, -0.1) is 0 Å². The van der Waals surface area contributed by atoms with Crippen LogP contribution in [0.4, 0.5) is 4.39 Å². The molecule has 0 radical (unpaired) electrons. The van der Waals surface area contributed by atoms with Crippen LogP contribution in [0.1, 0.15) is 55.2 Å². The van der Waals surface area contributed by atoms with Crippen LogP contribution in [-0.2, 0) is 11.2 Å². The van der Waals surface area contributed by atoms with Crippen molar-refractivity contribution < 1.29 is 18.7 Å². The number of aryl methyl sites for hydroxylation is 1. The minimum atomic E-state index is -0.552. The largest absolute Gasteiger partial charge is 0.507 e. The van der Waals surface area contributed by atoms with Gasteiger partial charge in [0.25, 0.3) is 0 Å². The molecule has 0 unspecified atom stereocenters. The van der Waals surface area contributed by atoms with Gasteiger partial charge < -0.3 is 14.3 Å². The van der Waals surface area contributed by atoms with Crippen LogP contribution < -0.4 is 5.63 Å². The van der Waals surface area contributed by atoms with E-state index in [9.17, 15) is 14.3 Å². The highest BCUT2D eigenvalue weighted by molar-refractivity contribution is 5.45. The van der Waals surface area contributed by atoms with Gasteiger partial charge in [-0.2, -0.15) is 0 Å². The molecule has 2 aromatic rings. The molecule has 1 saturated carbocycles. The Morgan fingerprint density at radius 1 is 1.28 bits per heavy atom. The summed E-state index contributed by atoms with van der Waals surface area (Å²) in [6, 6.07) is 6.26. The number of hydrogen-bond acceptors (Lipinski definition) is 4. The van der Waals surface area contributed by atoms with Gasteiger partial charge in [0.2, 0.25) is 0 Å². The van der Waals surface area contributed by atoms with Crippen LogP contribution in [0.15, 0.2) is 63.7 Å². The summed E-state index contributed by atoms with van der Waals surface area (Å²) in [6.07, 6.45) is 11.1. The van der Waals surface area contributed by atoms with Crippen molar-refractivity contribution >= 4 is 0 Å². The molecule has 0 bridgehead atoms. The van der Waals surface area contributed by atoms with Crippen molar-refractivity contribution in [2.75, 3.05) is 0 Å². The van der Waals surface area contributed by atoms with Gasteiger partial charge in [0.05, 0.1) is 11.8 Å². The lowest BCUT2D eigenvalue weighted by Gasteiger charge is -2.19. The molecule has 5 heteroatoms. The molecular formula is C24H25FO4. The van der Waals surface area contributed by atoms with Crippen molar-refractivity contribution in [1.29, 1.82) is 0 Å². The van der Waals surface area contributed by atoms with Crippen LogP contribution in [-0.4, -0.2) is 11.2 Å². The predicted octanol–water partition coefficient (Wildman–Crippen LogP) is 5.21. The monoisotopic (exact) mass is 396 g/mol. The first-order valence-electron chi connectivity index (χ1n) is 10.2. The summed E-state index contributed by atoms with van der Waals surface area (Å²) in [5.41, 5.74) is 2.12. The maximum atomic E-state index is 13.8. The average Bonchev–Trinajstić information content (AvgIpc) is 3.55. The van der Waals surface area contributed by atoms with Crippen molar-refractivity contribution in [3.05, 3.63) is 87.4 Å². The first-order chi connectivity index (χ1) is 14.1. The Balaban J connectivity index is 1.63. The van der Waals surface area contributed by atoms with Crippen molar-refractivity contribution in [3.8, 4) is 5.75 Å². The lowest BCUT2D eigenvalue weighted by Crippen LogP contribution is -2.17. The third-order valence-electron chi connectivity index (χ3n) is 5.72. The van der Waals surface area contributed by atoms with Crippen LogP contribution in [0.2, 0.25) is 0 Å². The fourth-order valence-electron chi connectivity index (χ4n) is 3.99. The first-order valence-corrected chi connectivity index (χ1v) is 10.2. The van der Waals surface area contributed by atoms with E-state index in [0.717, 1.165) is 24.8 Å². The number of allylic oxidation sites excluding steroid dienone is 2. The van der Waals surface area contributed by atoms with Gasteiger partial charge in [-0.3, -0.25) is 0 Å². The van der Waals surface area contributed by atoms with Gasteiger partial charge in [-0.25, -0.2) is 9.18 Å². The van der Waals surface area contributed by atoms with Crippen molar-refractivity contribution in [3.63, 3.8) is 0 Å². The number of ether oxygens (including phenoxy) is 1. The zero-order chi connectivity index (χ0) is 20.4. The molecule has 0 saturated heterocycles. The molecule has 2 aliphatic rings. The van der Waals surface area contributed by atoms with E-state index in [1.807, 2.05) is 6.08 Å². The van der Waals surface area contributed by atoms with Crippen molar-refractivity contribution in [1.82, 2.24) is 0 Å². The Bertz CT molecular complexity index is 1000. The maximum Gasteiger partial charge on any atom is 0.343 e. The average molecular weight is 396 g/mol. The summed E-state index contributed by atoms with van der Waals surface area (Å²) in [6.45, 7) is 2.06. The Kier molecular flexibility index (Phi) is 5.56. The topological polar surface area (TPSA) is 59.7 Å². The van der Waals surface area contributed by atoms with Crippen LogP contribution >= 0.6 is 0 Å². The molecule has 29 heavy (non-hydrogen) atoms. The van der Waals surface area contributed by atoms with Gasteiger partial charge in [-0.1, -0.05) is 19.1 Å². The number of aromatic hydroxyl groups is 1. The highest BCUT2D eigenvalue weighted by Crippen LogP contribution is 2.48. The van der Waals surface area contributed by atoms with Crippen LogP contribution in [0, 0.1) is 11.7 Å². The third kappa shape index (κ3) is 4.29. The van der Waals surface area contributed by atoms with Crippen LogP contribution in [0.3, 0.4) is 0 Å². The Morgan fingerprint density at radius 2 is 2.10 bits per heavy atom. The van der Waals surface area contributed by atoms with E-state index in [2.05, 4.69) is 13.0 Å². The Labute approximate surface area is 169 Å². The first kappa shape index (κ1) is 19.5. The number of halogens is 1. The Morgan fingerprint density at radius 3 is 2.83 bits per heavy atom. The molecule has 2 atom stereocenters. The van der Waals surface area contributed by atoms with Gasteiger partial charge in [0.1, 0.15) is 23.9 Å². The lowest BCUT2D eigenvalue weighted by atomic mass is 9.86. The summed E-state index contributed by atoms with van der Waals surface area (Å²) < 4.78 is 24.6. The molecule has 1 aromatic carbocycles. The molecule has 0 spiro atoms. The van der Waals surface area contributed by atoms with Crippen LogP contribution in [0.5, 0.6) is 5.75 Å². The van der Waals surface area contributed by atoms with E-state index >= 15 is 0 Å². The SMILES string of the molecule is CC[C@@H]1C=C(CCc2coc(=O)c([C@H](c3cccc(F)c3)C3CC3)c2O)C=CO1.